The van der Waals surface area contributed by atoms with E-state index in [2.05, 4.69) is 49.5 Å². The normalized spacial score (nSPS) is 10.9. The van der Waals surface area contributed by atoms with Crippen LogP contribution in [0.5, 0.6) is 0 Å². The maximum Gasteiger partial charge on any atom is 0.228 e. The van der Waals surface area contributed by atoms with Crippen LogP contribution in [0.25, 0.3) is 10.6 Å². The van der Waals surface area contributed by atoms with Crippen LogP contribution >= 0.6 is 67.4 Å². The quantitative estimate of drug-likeness (QED) is 0.531. The van der Waals surface area contributed by atoms with Gasteiger partial charge in [0.25, 0.3) is 0 Å². The summed E-state index contributed by atoms with van der Waals surface area (Å²) in [6.07, 6.45) is 0. The summed E-state index contributed by atoms with van der Waals surface area (Å²) in [5.41, 5.74) is 1.57. The highest BCUT2D eigenvalue weighted by Gasteiger charge is 2.20. The molecule has 2 nitrogen and oxygen atoms in total. The molecule has 0 unspecified atom stereocenters. The van der Waals surface area contributed by atoms with Crippen LogP contribution in [-0.2, 0) is 0 Å². The van der Waals surface area contributed by atoms with E-state index in [4.69, 9.17) is 11.6 Å². The Bertz CT molecular complexity index is 583. The summed E-state index contributed by atoms with van der Waals surface area (Å²) >= 11 is 17.7. The summed E-state index contributed by atoms with van der Waals surface area (Å²) in [4.78, 5) is 16.4. The maximum absolute atomic E-state index is 11.4. The Morgan fingerprint density at radius 2 is 1.94 bits per heavy atom. The molecule has 0 bridgehead atoms. The average molecular weight is 428 g/mol. The number of aromatic nitrogens is 1. The van der Waals surface area contributed by atoms with Gasteiger partial charge in [-0.1, -0.05) is 68.2 Å². The Hall–Kier alpha value is 0.120. The third-order valence-corrected chi connectivity index (χ3v) is 4.76. The van der Waals surface area contributed by atoms with Crippen LogP contribution in [0.15, 0.2) is 24.3 Å². The van der Waals surface area contributed by atoms with Crippen LogP contribution in [0, 0.1) is 0 Å². The molecule has 0 fully saturated rings. The van der Waals surface area contributed by atoms with E-state index in [0.29, 0.717) is 15.6 Å². The molecular weight excluding hydrogens is 422 g/mol. The van der Waals surface area contributed by atoms with Gasteiger partial charge in [-0.05, 0) is 12.1 Å². The summed E-state index contributed by atoms with van der Waals surface area (Å²) in [6, 6.07) is 7.32. The molecule has 0 N–H and O–H groups in total. The third kappa shape index (κ3) is 3.17. The van der Waals surface area contributed by atoms with Crippen molar-refractivity contribution in [2.24, 2.45) is 0 Å². The van der Waals surface area contributed by atoms with Crippen molar-refractivity contribution in [1.29, 1.82) is 0 Å². The lowest BCUT2D eigenvalue weighted by Gasteiger charge is -1.97. The van der Waals surface area contributed by atoms with E-state index in [1.54, 1.807) is 12.1 Å². The summed E-state index contributed by atoms with van der Waals surface area (Å²) in [6.45, 7) is 0. The van der Waals surface area contributed by atoms with E-state index < -0.39 is 0 Å². The largest absolute Gasteiger partial charge is 0.281 e. The molecule has 1 aromatic heterocycles. The predicted octanol–water partition coefficient (Wildman–Crippen LogP) is 5.32. The Balaban J connectivity index is 2.49. The van der Waals surface area contributed by atoms with Crippen LogP contribution < -0.4 is 0 Å². The zero-order valence-electron chi connectivity index (χ0n) is 8.73. The van der Waals surface area contributed by atoms with Crippen molar-refractivity contribution in [3.63, 3.8) is 0 Å². The second-order valence-corrected chi connectivity index (χ2v) is 8.25. The van der Waals surface area contributed by atoms with Crippen molar-refractivity contribution in [3.8, 4) is 10.6 Å². The molecule has 2 rings (SSSR count). The number of hydrogen-bond acceptors (Lipinski definition) is 3. The summed E-state index contributed by atoms with van der Waals surface area (Å²) in [5.74, 6) is 0. The van der Waals surface area contributed by atoms with Crippen molar-refractivity contribution < 1.29 is 4.79 Å². The molecule has 18 heavy (non-hydrogen) atoms. The minimum Gasteiger partial charge on any atom is -0.281 e. The number of alkyl halides is 2. The van der Waals surface area contributed by atoms with Crippen molar-refractivity contribution in [2.75, 3.05) is 0 Å². The Morgan fingerprint density at radius 1 is 1.33 bits per heavy atom. The fourth-order valence-corrected chi connectivity index (χ4v) is 3.64. The number of carbonyl (C=O) groups excluding carboxylic acids is 1. The van der Waals surface area contributed by atoms with E-state index >= 15 is 0 Å². The fourth-order valence-electron chi connectivity index (χ4n) is 1.35. The Kier molecular flexibility index (Phi) is 4.88. The minimum atomic E-state index is -0.286. The number of carbonyl (C=O) groups is 1. The van der Waals surface area contributed by atoms with E-state index in [9.17, 15) is 4.79 Å². The number of nitrogens with zero attached hydrogens (tertiary/aromatic N) is 1. The smallest absolute Gasteiger partial charge is 0.228 e. The van der Waals surface area contributed by atoms with E-state index in [1.165, 1.54) is 11.3 Å². The zero-order valence-corrected chi connectivity index (χ0v) is 14.4. The molecule has 0 radical (unpaired) electrons. The molecule has 2 aromatic rings. The lowest BCUT2D eigenvalue weighted by atomic mass is 10.2. The monoisotopic (exact) mass is 425 g/mol. The van der Waals surface area contributed by atoms with Crippen LogP contribution in [0.3, 0.4) is 0 Å². The van der Waals surface area contributed by atoms with Gasteiger partial charge in [0.05, 0.1) is 5.69 Å². The van der Waals surface area contributed by atoms with Crippen LogP contribution in [0.1, 0.15) is 19.1 Å². The summed E-state index contributed by atoms with van der Waals surface area (Å²) < 4.78 is -0.173. The highest BCUT2D eigenvalue weighted by atomic mass is 79.9. The van der Waals surface area contributed by atoms with Gasteiger partial charge in [-0.15, -0.1) is 11.3 Å². The Labute approximate surface area is 135 Å². The van der Waals surface area contributed by atoms with Crippen molar-refractivity contribution in [1.82, 2.24) is 4.98 Å². The van der Waals surface area contributed by atoms with Gasteiger partial charge in [0.15, 0.2) is 0 Å². The summed E-state index contributed by atoms with van der Waals surface area (Å²) in [5, 5.41) is 1.15. The topological polar surface area (TPSA) is 30.0 Å². The molecule has 0 aliphatic rings. The molecule has 0 saturated carbocycles. The van der Waals surface area contributed by atoms with Gasteiger partial charge in [-0.3, -0.25) is 4.79 Å². The van der Waals surface area contributed by atoms with E-state index in [-0.39, 0.29) is 8.85 Å². The van der Waals surface area contributed by atoms with E-state index in [1.807, 2.05) is 12.1 Å². The molecule has 94 valence electrons. The lowest BCUT2D eigenvalue weighted by molar-refractivity contribution is 0.109. The number of rotatable bonds is 3. The van der Waals surface area contributed by atoms with Crippen LogP contribution in [-0.4, -0.2) is 10.1 Å². The van der Waals surface area contributed by atoms with Gasteiger partial charge in [0, 0.05) is 10.6 Å². The van der Waals surface area contributed by atoms with Crippen LogP contribution in [0.2, 0.25) is 5.02 Å². The SMILES string of the molecule is O=C(S)c1sc(-c2ccc(Cl)cc2)nc1C(Br)Br. The maximum atomic E-state index is 11.4. The molecule has 0 saturated heterocycles. The summed E-state index contributed by atoms with van der Waals surface area (Å²) in [7, 11) is 0. The molecular formula is C11H6Br2ClNOS2. The first-order valence-corrected chi connectivity index (χ1v) is 8.24. The van der Waals surface area contributed by atoms with Gasteiger partial charge < -0.3 is 0 Å². The molecule has 1 aromatic carbocycles. The highest BCUT2D eigenvalue weighted by Crippen LogP contribution is 2.38. The predicted molar refractivity (Wildman–Crippen MR) is 86.5 cm³/mol. The van der Waals surface area contributed by atoms with Gasteiger partial charge in [0.1, 0.15) is 13.6 Å². The first kappa shape index (κ1) is 14.5. The standard InChI is InChI=1S/C11H6Br2ClNOS2/c12-9(13)7-8(11(16)17)18-10(15-7)5-1-3-6(14)4-2-5/h1-4,9H,(H,16,17). The van der Waals surface area contributed by atoms with Gasteiger partial charge in [-0.2, -0.15) is 0 Å². The van der Waals surface area contributed by atoms with Crippen LogP contribution in [0.4, 0.5) is 0 Å². The number of thiazole rings is 1. The number of halogens is 3. The van der Waals surface area contributed by atoms with Crippen molar-refractivity contribution >= 4 is 72.5 Å². The van der Waals surface area contributed by atoms with Gasteiger partial charge >= 0.3 is 0 Å². The number of benzene rings is 1. The number of hydrogen-bond donors (Lipinski definition) is 1. The molecule has 0 amide bonds. The molecule has 0 atom stereocenters. The minimum absolute atomic E-state index is 0.173. The second-order valence-electron chi connectivity index (χ2n) is 3.35. The lowest BCUT2D eigenvalue weighted by Crippen LogP contribution is -1.92. The highest BCUT2D eigenvalue weighted by molar-refractivity contribution is 9.24. The third-order valence-electron chi connectivity index (χ3n) is 2.15. The number of thiol groups is 1. The van der Waals surface area contributed by atoms with Gasteiger partial charge in [0.2, 0.25) is 5.12 Å². The molecule has 0 spiro atoms. The first-order valence-electron chi connectivity index (χ1n) is 4.77. The molecule has 1 heterocycles. The molecule has 0 aliphatic heterocycles. The fraction of sp³-hybridized carbons (Fsp3) is 0.0909. The molecule has 7 heteroatoms. The van der Waals surface area contributed by atoms with Crippen molar-refractivity contribution in [2.45, 2.75) is 3.74 Å². The molecule has 0 aliphatic carbocycles. The van der Waals surface area contributed by atoms with E-state index in [0.717, 1.165) is 10.6 Å². The van der Waals surface area contributed by atoms with Gasteiger partial charge in [-0.25, -0.2) is 4.98 Å². The second kappa shape index (κ2) is 6.05. The Morgan fingerprint density at radius 3 is 2.39 bits per heavy atom. The average Bonchev–Trinajstić information content (AvgIpc) is 2.75. The first-order chi connectivity index (χ1) is 8.49. The van der Waals surface area contributed by atoms with Crippen molar-refractivity contribution in [3.05, 3.63) is 39.9 Å². The zero-order chi connectivity index (χ0) is 13.3.